The number of nitrogens with one attached hydrogen (secondary N) is 2. The SMILES string of the molecule is CC(=O)Nc1ccc(S(=O)(=O)N2CCc3ccccc3C2CC(=O)NCc2ccc(C)cc2)cc1. The molecule has 8 heteroatoms. The van der Waals surface area contributed by atoms with Gasteiger partial charge >= 0.3 is 0 Å². The molecule has 1 heterocycles. The number of carbonyl (C=O) groups excluding carboxylic acids is 2. The van der Waals surface area contributed by atoms with Gasteiger partial charge in [0.25, 0.3) is 0 Å². The van der Waals surface area contributed by atoms with E-state index in [4.69, 9.17) is 0 Å². The highest BCUT2D eigenvalue weighted by Crippen LogP contribution is 2.36. The van der Waals surface area contributed by atoms with Crippen molar-refractivity contribution in [1.29, 1.82) is 0 Å². The average Bonchev–Trinajstić information content (AvgIpc) is 2.84. The van der Waals surface area contributed by atoms with Crippen molar-refractivity contribution in [3.8, 4) is 0 Å². The Morgan fingerprint density at radius 1 is 0.971 bits per heavy atom. The summed E-state index contributed by atoms with van der Waals surface area (Å²) >= 11 is 0. The number of benzene rings is 3. The molecule has 2 N–H and O–H groups in total. The highest BCUT2D eigenvalue weighted by atomic mass is 32.2. The first kappa shape index (κ1) is 24.6. The van der Waals surface area contributed by atoms with Gasteiger partial charge in [0.1, 0.15) is 0 Å². The quantitative estimate of drug-likeness (QED) is 0.523. The summed E-state index contributed by atoms with van der Waals surface area (Å²) in [6.45, 7) is 4.06. The van der Waals surface area contributed by atoms with Crippen molar-refractivity contribution in [2.75, 3.05) is 11.9 Å². The van der Waals surface area contributed by atoms with Crippen LogP contribution in [0, 0.1) is 6.92 Å². The van der Waals surface area contributed by atoms with Gasteiger partial charge in [-0.25, -0.2) is 8.42 Å². The summed E-state index contributed by atoms with van der Waals surface area (Å²) in [5.41, 5.74) is 4.55. The van der Waals surface area contributed by atoms with Crippen LogP contribution in [0.3, 0.4) is 0 Å². The number of rotatable bonds is 7. The zero-order valence-electron chi connectivity index (χ0n) is 19.8. The van der Waals surface area contributed by atoms with Crippen molar-refractivity contribution in [3.63, 3.8) is 0 Å². The molecule has 3 aromatic carbocycles. The maximum absolute atomic E-state index is 13.6. The Morgan fingerprint density at radius 3 is 2.34 bits per heavy atom. The number of fused-ring (bicyclic) bond motifs is 1. The van der Waals surface area contributed by atoms with Gasteiger partial charge in [-0.05, 0) is 54.3 Å². The third-order valence-corrected chi connectivity index (χ3v) is 8.06. The van der Waals surface area contributed by atoms with E-state index in [0.717, 1.165) is 22.3 Å². The fraction of sp³-hybridized carbons (Fsp3) is 0.259. The van der Waals surface area contributed by atoms with Crippen LogP contribution < -0.4 is 10.6 Å². The number of nitrogens with zero attached hydrogens (tertiary/aromatic N) is 1. The molecule has 0 spiro atoms. The maximum atomic E-state index is 13.6. The van der Waals surface area contributed by atoms with Gasteiger partial charge in [-0.2, -0.15) is 4.31 Å². The van der Waals surface area contributed by atoms with Crippen molar-refractivity contribution >= 4 is 27.5 Å². The molecule has 0 bridgehead atoms. The molecule has 3 aromatic rings. The van der Waals surface area contributed by atoms with Crippen LogP contribution in [0.4, 0.5) is 5.69 Å². The predicted octanol–water partition coefficient (Wildman–Crippen LogP) is 3.95. The van der Waals surface area contributed by atoms with E-state index in [9.17, 15) is 18.0 Å². The van der Waals surface area contributed by atoms with Gasteiger partial charge in [0.05, 0.1) is 10.9 Å². The number of hydrogen-bond acceptors (Lipinski definition) is 4. The lowest BCUT2D eigenvalue weighted by atomic mass is 9.92. The summed E-state index contributed by atoms with van der Waals surface area (Å²) in [6, 6.07) is 21.1. The van der Waals surface area contributed by atoms with Gasteiger partial charge in [0, 0.05) is 32.1 Å². The van der Waals surface area contributed by atoms with E-state index < -0.39 is 16.1 Å². The molecule has 0 aliphatic carbocycles. The van der Waals surface area contributed by atoms with Crippen LogP contribution in [-0.2, 0) is 32.6 Å². The molecular weight excluding hydrogens is 462 g/mol. The third-order valence-electron chi connectivity index (χ3n) is 6.13. The van der Waals surface area contributed by atoms with Crippen molar-refractivity contribution in [2.45, 2.75) is 44.2 Å². The molecule has 0 aromatic heterocycles. The number of sulfonamides is 1. The van der Waals surface area contributed by atoms with Crippen LogP contribution >= 0.6 is 0 Å². The van der Waals surface area contributed by atoms with Crippen LogP contribution in [-0.4, -0.2) is 31.1 Å². The highest BCUT2D eigenvalue weighted by Gasteiger charge is 2.37. The molecule has 0 saturated heterocycles. The van der Waals surface area contributed by atoms with E-state index in [2.05, 4.69) is 10.6 Å². The summed E-state index contributed by atoms with van der Waals surface area (Å²) in [6.07, 6.45) is 0.590. The van der Waals surface area contributed by atoms with E-state index in [1.54, 1.807) is 12.1 Å². The molecule has 35 heavy (non-hydrogen) atoms. The predicted molar refractivity (Wildman–Crippen MR) is 135 cm³/mol. The minimum Gasteiger partial charge on any atom is -0.352 e. The molecule has 182 valence electrons. The van der Waals surface area contributed by atoms with Gasteiger partial charge in [0.2, 0.25) is 21.8 Å². The fourth-order valence-corrected chi connectivity index (χ4v) is 5.94. The van der Waals surface area contributed by atoms with Crippen LogP contribution in [0.1, 0.15) is 41.6 Å². The van der Waals surface area contributed by atoms with Gasteiger partial charge in [-0.3, -0.25) is 9.59 Å². The van der Waals surface area contributed by atoms with Crippen LogP contribution in [0.2, 0.25) is 0 Å². The first-order valence-corrected chi connectivity index (χ1v) is 13.0. The summed E-state index contributed by atoms with van der Waals surface area (Å²) in [4.78, 5) is 24.4. The number of hydrogen-bond donors (Lipinski definition) is 2. The second kappa shape index (κ2) is 10.4. The smallest absolute Gasteiger partial charge is 0.243 e. The lowest BCUT2D eigenvalue weighted by Crippen LogP contribution is -2.42. The monoisotopic (exact) mass is 491 g/mol. The second-order valence-electron chi connectivity index (χ2n) is 8.75. The van der Waals surface area contributed by atoms with Gasteiger partial charge in [-0.1, -0.05) is 54.1 Å². The van der Waals surface area contributed by atoms with Crippen molar-refractivity contribution in [3.05, 3.63) is 95.1 Å². The van der Waals surface area contributed by atoms with Crippen molar-refractivity contribution < 1.29 is 18.0 Å². The normalized spacial score (nSPS) is 15.8. The summed E-state index contributed by atoms with van der Waals surface area (Å²) in [7, 11) is -3.88. The Bertz CT molecular complexity index is 1320. The summed E-state index contributed by atoms with van der Waals surface area (Å²) in [5.74, 6) is -0.446. The van der Waals surface area contributed by atoms with Crippen LogP contribution in [0.25, 0.3) is 0 Å². The molecule has 1 unspecified atom stereocenters. The number of amides is 2. The Hall–Kier alpha value is -3.49. The first-order chi connectivity index (χ1) is 16.7. The lowest BCUT2D eigenvalue weighted by Gasteiger charge is -2.36. The Kier molecular flexibility index (Phi) is 7.33. The van der Waals surface area contributed by atoms with E-state index in [1.807, 2.05) is 55.5 Å². The number of carbonyl (C=O) groups is 2. The molecule has 1 aliphatic rings. The molecular formula is C27H29N3O4S. The Balaban J connectivity index is 1.57. The molecule has 1 atom stereocenters. The Labute approximate surface area is 206 Å². The molecule has 4 rings (SSSR count). The topological polar surface area (TPSA) is 95.6 Å². The molecule has 0 radical (unpaired) electrons. The van der Waals surface area contributed by atoms with Crippen molar-refractivity contribution in [2.24, 2.45) is 0 Å². The van der Waals surface area contributed by atoms with Crippen LogP contribution in [0.5, 0.6) is 0 Å². The fourth-order valence-electron chi connectivity index (χ4n) is 4.33. The van der Waals surface area contributed by atoms with Gasteiger partial charge < -0.3 is 10.6 Å². The lowest BCUT2D eigenvalue weighted by molar-refractivity contribution is -0.122. The molecule has 2 amide bonds. The average molecular weight is 492 g/mol. The van der Waals surface area contributed by atoms with E-state index in [0.29, 0.717) is 18.7 Å². The van der Waals surface area contributed by atoms with Crippen LogP contribution in [0.15, 0.2) is 77.7 Å². The van der Waals surface area contributed by atoms with Gasteiger partial charge in [0.15, 0.2) is 0 Å². The molecule has 0 fully saturated rings. The summed E-state index contributed by atoms with van der Waals surface area (Å²) < 4.78 is 28.7. The zero-order chi connectivity index (χ0) is 25.0. The minimum absolute atomic E-state index is 0.0199. The highest BCUT2D eigenvalue weighted by molar-refractivity contribution is 7.89. The van der Waals surface area contributed by atoms with E-state index in [-0.39, 0.29) is 29.7 Å². The van der Waals surface area contributed by atoms with Crippen molar-refractivity contribution in [1.82, 2.24) is 9.62 Å². The third kappa shape index (κ3) is 5.78. The zero-order valence-corrected chi connectivity index (χ0v) is 20.6. The number of aryl methyl sites for hydroxylation is 1. The summed E-state index contributed by atoms with van der Waals surface area (Å²) in [5, 5.41) is 5.57. The first-order valence-electron chi connectivity index (χ1n) is 11.5. The van der Waals surface area contributed by atoms with E-state index >= 15 is 0 Å². The maximum Gasteiger partial charge on any atom is 0.243 e. The number of anilines is 1. The molecule has 0 saturated carbocycles. The standard InChI is InChI=1S/C27H29N3O4S/c1-19-7-9-21(10-8-19)18-28-27(32)17-26-25-6-4-3-5-22(25)15-16-30(26)35(33,34)24-13-11-23(12-14-24)29-20(2)31/h3-14,26H,15-18H2,1-2H3,(H,28,32)(H,29,31). The Morgan fingerprint density at radius 2 is 1.66 bits per heavy atom. The van der Waals surface area contributed by atoms with Gasteiger partial charge in [-0.15, -0.1) is 0 Å². The van der Waals surface area contributed by atoms with E-state index in [1.165, 1.54) is 23.4 Å². The minimum atomic E-state index is -3.88. The largest absolute Gasteiger partial charge is 0.352 e. The molecule has 1 aliphatic heterocycles. The second-order valence-corrected chi connectivity index (χ2v) is 10.6. The molecule has 7 nitrogen and oxygen atoms in total.